The Labute approximate surface area is 87.9 Å². The summed E-state index contributed by atoms with van der Waals surface area (Å²) in [6, 6.07) is 0. The molecule has 0 saturated heterocycles. The van der Waals surface area contributed by atoms with Gasteiger partial charge in [0.05, 0.1) is 0 Å². The Morgan fingerprint density at radius 2 is 1.33 bits per heavy atom. The number of aliphatic carboxylic acids is 2. The topological polar surface area (TPSA) is 98.2 Å². The zero-order valence-corrected chi connectivity index (χ0v) is 9.01. The Balaban J connectivity index is 0. The van der Waals surface area contributed by atoms with Crippen molar-refractivity contribution in [2.75, 3.05) is 34.2 Å². The Kier molecular flexibility index (Phi) is 9.44. The average molecular weight is 220 g/mol. The average Bonchev–Trinajstić information content (AvgIpc) is 2.00. The van der Waals surface area contributed by atoms with Gasteiger partial charge in [-0.1, -0.05) is 0 Å². The van der Waals surface area contributed by atoms with Crippen LogP contribution in [-0.2, 0) is 14.4 Å². The zero-order chi connectivity index (χ0) is 12.4. The smallest absolute Gasteiger partial charge is 0.323 e. The largest absolute Gasteiger partial charge is 0.480 e. The summed E-state index contributed by atoms with van der Waals surface area (Å²) in [6.45, 7) is -1.18. The number of carbonyl (C=O) groups excluding carboxylic acids is 1. The molecule has 1 amide bonds. The van der Waals surface area contributed by atoms with Gasteiger partial charge in [-0.05, 0) is 21.1 Å². The summed E-state index contributed by atoms with van der Waals surface area (Å²) in [6.07, 6.45) is 0.183. The molecular formula is C8H16N2O5. The molecule has 88 valence electrons. The minimum Gasteiger partial charge on any atom is -0.480 e. The summed E-state index contributed by atoms with van der Waals surface area (Å²) in [5, 5.41) is 16.3. The highest BCUT2D eigenvalue weighted by Crippen LogP contribution is 1.81. The minimum atomic E-state index is -1.24. The fourth-order valence-corrected chi connectivity index (χ4v) is 0.478. The molecule has 0 unspecified atom stereocenters. The number of rotatable bonds is 5. The van der Waals surface area contributed by atoms with Gasteiger partial charge in [-0.2, -0.15) is 0 Å². The maximum atomic E-state index is 9.98. The number of nitrogens with zero attached hydrogens (tertiary/aromatic N) is 2. The highest BCUT2D eigenvalue weighted by atomic mass is 16.4. The minimum absolute atomic E-state index is 0.183. The number of hydrogen-bond acceptors (Lipinski definition) is 4. The van der Waals surface area contributed by atoms with Crippen molar-refractivity contribution >= 4 is 18.3 Å². The van der Waals surface area contributed by atoms with Gasteiger partial charge in [0.1, 0.15) is 13.1 Å². The predicted molar refractivity (Wildman–Crippen MR) is 52.5 cm³/mol. The monoisotopic (exact) mass is 220 g/mol. The third-order valence-corrected chi connectivity index (χ3v) is 0.826. The predicted octanol–water partition coefficient (Wildman–Crippen LogP) is -1.21. The third kappa shape index (κ3) is 19.0. The molecule has 0 rings (SSSR count). The molecule has 0 fully saturated rings. The van der Waals surface area contributed by atoms with Crippen molar-refractivity contribution in [2.24, 2.45) is 0 Å². The maximum absolute atomic E-state index is 9.98. The van der Waals surface area contributed by atoms with Crippen LogP contribution < -0.4 is 0 Å². The van der Waals surface area contributed by atoms with E-state index < -0.39 is 25.0 Å². The molecular weight excluding hydrogens is 204 g/mol. The van der Waals surface area contributed by atoms with E-state index in [-0.39, 0.29) is 6.41 Å². The third-order valence-electron chi connectivity index (χ3n) is 0.826. The summed E-state index contributed by atoms with van der Waals surface area (Å²) >= 11 is 0. The first-order valence-corrected chi connectivity index (χ1v) is 4.03. The molecule has 7 heteroatoms. The van der Waals surface area contributed by atoms with Crippen LogP contribution in [0.1, 0.15) is 0 Å². The van der Waals surface area contributed by atoms with Gasteiger partial charge < -0.3 is 20.0 Å². The number of carboxylic acid groups (broad SMARTS) is 2. The van der Waals surface area contributed by atoms with E-state index in [1.165, 1.54) is 0 Å². The van der Waals surface area contributed by atoms with E-state index in [4.69, 9.17) is 10.2 Å². The van der Waals surface area contributed by atoms with Gasteiger partial charge in [0.25, 0.3) is 0 Å². The number of carbonyl (C=O) groups is 3. The van der Waals surface area contributed by atoms with Crippen LogP contribution >= 0.6 is 0 Å². The van der Waals surface area contributed by atoms with Crippen molar-refractivity contribution in [3.8, 4) is 0 Å². The lowest BCUT2D eigenvalue weighted by atomic mass is 10.5. The van der Waals surface area contributed by atoms with Crippen LogP contribution in [0.2, 0.25) is 0 Å². The first kappa shape index (κ1) is 15.8. The van der Waals surface area contributed by atoms with E-state index in [2.05, 4.69) is 0 Å². The lowest BCUT2D eigenvalue weighted by molar-refractivity contribution is -0.145. The summed E-state index contributed by atoms with van der Waals surface area (Å²) in [5.41, 5.74) is 0. The van der Waals surface area contributed by atoms with Crippen molar-refractivity contribution in [2.45, 2.75) is 0 Å². The molecule has 0 spiro atoms. The fraction of sp³-hybridized carbons (Fsp3) is 0.625. The Morgan fingerprint density at radius 1 is 1.07 bits per heavy atom. The first-order chi connectivity index (χ1) is 6.79. The fourth-order valence-electron chi connectivity index (χ4n) is 0.478. The number of carboxylic acids is 2. The highest BCUT2D eigenvalue weighted by molar-refractivity contribution is 5.76. The second-order valence-corrected chi connectivity index (χ2v) is 3.14. The van der Waals surface area contributed by atoms with Gasteiger partial charge in [0, 0.05) is 0 Å². The normalized spacial score (nSPS) is 8.80. The molecule has 0 radical (unpaired) electrons. The summed E-state index contributed by atoms with van der Waals surface area (Å²) < 4.78 is 0. The van der Waals surface area contributed by atoms with Crippen molar-refractivity contribution in [1.82, 2.24) is 9.80 Å². The zero-order valence-electron chi connectivity index (χ0n) is 9.01. The molecule has 0 heterocycles. The van der Waals surface area contributed by atoms with E-state index in [1.807, 2.05) is 26.0 Å². The molecule has 0 atom stereocenters. The van der Waals surface area contributed by atoms with Crippen molar-refractivity contribution in [3.63, 3.8) is 0 Å². The van der Waals surface area contributed by atoms with Gasteiger partial charge in [0.15, 0.2) is 0 Å². The number of amides is 1. The van der Waals surface area contributed by atoms with Crippen molar-refractivity contribution in [3.05, 3.63) is 0 Å². The Hall–Kier alpha value is -1.63. The molecule has 7 nitrogen and oxygen atoms in total. The standard InChI is InChI=1S/C5H7NO5.C3H9N/c7-3-6(1-4(8)9)2-5(10)11;1-4(2)3/h3H,1-2H2,(H,8,9)(H,10,11);1-3H3. The summed E-state index contributed by atoms with van der Waals surface area (Å²) in [4.78, 5) is 32.5. The lowest BCUT2D eigenvalue weighted by Crippen LogP contribution is -2.33. The summed E-state index contributed by atoms with van der Waals surface area (Å²) in [5.74, 6) is -2.48. The first-order valence-electron chi connectivity index (χ1n) is 4.03. The molecule has 0 aromatic carbocycles. The molecule has 0 aliphatic heterocycles. The quantitative estimate of drug-likeness (QED) is 0.564. The van der Waals surface area contributed by atoms with Crippen LogP contribution in [-0.4, -0.2) is 72.6 Å². The van der Waals surface area contributed by atoms with Gasteiger partial charge in [-0.25, -0.2) is 0 Å². The van der Waals surface area contributed by atoms with E-state index in [0.29, 0.717) is 4.90 Å². The highest BCUT2D eigenvalue weighted by Gasteiger charge is 2.09. The second-order valence-electron chi connectivity index (χ2n) is 3.14. The SMILES string of the molecule is CN(C)C.O=CN(CC(=O)O)CC(=O)O. The Bertz CT molecular complexity index is 198. The van der Waals surface area contributed by atoms with Crippen LogP contribution in [0.5, 0.6) is 0 Å². The lowest BCUT2D eigenvalue weighted by Gasteiger charge is -2.10. The summed E-state index contributed by atoms with van der Waals surface area (Å²) in [7, 11) is 6.00. The van der Waals surface area contributed by atoms with Crippen LogP contribution in [0.25, 0.3) is 0 Å². The molecule has 0 aliphatic carbocycles. The van der Waals surface area contributed by atoms with Gasteiger partial charge in [-0.3, -0.25) is 14.4 Å². The van der Waals surface area contributed by atoms with Crippen LogP contribution in [0.4, 0.5) is 0 Å². The van der Waals surface area contributed by atoms with E-state index in [9.17, 15) is 14.4 Å². The van der Waals surface area contributed by atoms with Gasteiger partial charge in [-0.15, -0.1) is 0 Å². The molecule has 2 N–H and O–H groups in total. The van der Waals surface area contributed by atoms with Crippen molar-refractivity contribution in [1.29, 1.82) is 0 Å². The van der Waals surface area contributed by atoms with Crippen LogP contribution in [0.3, 0.4) is 0 Å². The van der Waals surface area contributed by atoms with E-state index >= 15 is 0 Å². The molecule has 0 saturated carbocycles. The number of hydrogen-bond donors (Lipinski definition) is 2. The van der Waals surface area contributed by atoms with Crippen molar-refractivity contribution < 1.29 is 24.6 Å². The van der Waals surface area contributed by atoms with Gasteiger partial charge >= 0.3 is 11.9 Å². The molecule has 0 aliphatic rings. The Morgan fingerprint density at radius 3 is 1.47 bits per heavy atom. The molecule has 0 aromatic rings. The molecule has 0 bridgehead atoms. The van der Waals surface area contributed by atoms with Crippen LogP contribution in [0.15, 0.2) is 0 Å². The van der Waals surface area contributed by atoms with Crippen LogP contribution in [0, 0.1) is 0 Å². The van der Waals surface area contributed by atoms with Gasteiger partial charge in [0.2, 0.25) is 6.41 Å². The maximum Gasteiger partial charge on any atom is 0.323 e. The van der Waals surface area contributed by atoms with E-state index in [0.717, 1.165) is 0 Å². The van der Waals surface area contributed by atoms with E-state index in [1.54, 1.807) is 0 Å². The second kappa shape index (κ2) is 8.95. The molecule has 15 heavy (non-hydrogen) atoms. The molecule has 0 aromatic heterocycles.